The number of rotatable bonds is 4. The topological polar surface area (TPSA) is 76.4 Å². The predicted molar refractivity (Wildman–Crippen MR) is 69.2 cm³/mol. The molecule has 98 valence electrons. The van der Waals surface area contributed by atoms with E-state index in [2.05, 4.69) is 10.6 Å². The van der Waals surface area contributed by atoms with Gasteiger partial charge in [0.25, 0.3) is 0 Å². The number of benzene rings is 1. The van der Waals surface area contributed by atoms with Crippen molar-refractivity contribution in [1.82, 2.24) is 5.32 Å². The summed E-state index contributed by atoms with van der Waals surface area (Å²) in [5, 5.41) is 17.5. The lowest BCUT2D eigenvalue weighted by atomic mass is 10.1. The predicted octanol–water partition coefficient (Wildman–Crippen LogP) is 1.77. The van der Waals surface area contributed by atoms with Crippen LogP contribution in [0.5, 0.6) is 5.75 Å². The highest BCUT2D eigenvalue weighted by Crippen LogP contribution is 2.30. The van der Waals surface area contributed by atoms with Crippen LogP contribution in [0.2, 0.25) is 0 Å². The van der Waals surface area contributed by atoms with Gasteiger partial charge in [-0.15, -0.1) is 0 Å². The van der Waals surface area contributed by atoms with Crippen molar-refractivity contribution < 1.29 is 9.66 Å². The van der Waals surface area contributed by atoms with E-state index in [1.54, 1.807) is 12.1 Å². The van der Waals surface area contributed by atoms with Crippen LogP contribution in [0.1, 0.15) is 12.8 Å². The largest absolute Gasteiger partial charge is 0.490 e. The molecule has 0 spiro atoms. The van der Waals surface area contributed by atoms with Crippen molar-refractivity contribution in [3.8, 4) is 5.75 Å². The first kappa shape index (κ1) is 12.6. The summed E-state index contributed by atoms with van der Waals surface area (Å²) in [7, 11) is 1.43. The Morgan fingerprint density at radius 2 is 2.39 bits per heavy atom. The van der Waals surface area contributed by atoms with Crippen LogP contribution in [0, 0.1) is 10.1 Å². The monoisotopic (exact) mass is 251 g/mol. The van der Waals surface area contributed by atoms with Crippen LogP contribution < -0.4 is 15.4 Å². The highest BCUT2D eigenvalue weighted by molar-refractivity contribution is 5.58. The minimum absolute atomic E-state index is 0.00808. The Kier molecular flexibility index (Phi) is 3.99. The molecule has 6 nitrogen and oxygen atoms in total. The quantitative estimate of drug-likeness (QED) is 0.630. The van der Waals surface area contributed by atoms with Crippen molar-refractivity contribution >= 4 is 11.4 Å². The van der Waals surface area contributed by atoms with Gasteiger partial charge in [0, 0.05) is 24.3 Å². The molecule has 1 fully saturated rings. The molecule has 1 aliphatic heterocycles. The molecule has 2 N–H and O–H groups in total. The molecule has 1 aromatic carbocycles. The molecule has 1 unspecified atom stereocenters. The van der Waals surface area contributed by atoms with E-state index in [4.69, 9.17) is 4.74 Å². The van der Waals surface area contributed by atoms with Crippen LogP contribution in [0.25, 0.3) is 0 Å². The molecule has 0 aromatic heterocycles. The van der Waals surface area contributed by atoms with Gasteiger partial charge in [0.05, 0.1) is 12.0 Å². The van der Waals surface area contributed by atoms with Gasteiger partial charge < -0.3 is 15.4 Å². The highest BCUT2D eigenvalue weighted by atomic mass is 16.6. The number of nitrogens with zero attached hydrogens (tertiary/aromatic N) is 1. The normalized spacial score (nSPS) is 19.3. The number of nitro benzene ring substituents is 1. The first-order chi connectivity index (χ1) is 8.70. The van der Waals surface area contributed by atoms with E-state index in [1.165, 1.54) is 13.2 Å². The van der Waals surface area contributed by atoms with E-state index in [0.717, 1.165) is 31.6 Å². The molecule has 1 aliphatic rings. The second-order valence-corrected chi connectivity index (χ2v) is 4.33. The number of piperidine rings is 1. The third kappa shape index (κ3) is 2.89. The molecule has 0 aliphatic carbocycles. The van der Waals surface area contributed by atoms with Gasteiger partial charge in [0.2, 0.25) is 0 Å². The number of ether oxygens (including phenoxy) is 1. The first-order valence-electron chi connectivity index (χ1n) is 6.00. The van der Waals surface area contributed by atoms with Gasteiger partial charge in [-0.25, -0.2) is 0 Å². The zero-order valence-corrected chi connectivity index (χ0v) is 10.3. The summed E-state index contributed by atoms with van der Waals surface area (Å²) in [4.78, 5) is 10.5. The molecule has 1 saturated heterocycles. The smallest absolute Gasteiger partial charge is 0.312 e. The number of nitrogens with one attached hydrogen (secondary N) is 2. The van der Waals surface area contributed by atoms with Crippen molar-refractivity contribution in [2.24, 2.45) is 0 Å². The van der Waals surface area contributed by atoms with Crippen LogP contribution in [0.15, 0.2) is 18.2 Å². The van der Waals surface area contributed by atoms with Gasteiger partial charge in [0.15, 0.2) is 5.75 Å². The summed E-state index contributed by atoms with van der Waals surface area (Å²) < 4.78 is 4.97. The van der Waals surface area contributed by atoms with Gasteiger partial charge in [-0.1, -0.05) is 0 Å². The van der Waals surface area contributed by atoms with Crippen LogP contribution >= 0.6 is 0 Å². The molecular formula is C12H17N3O3. The minimum atomic E-state index is -0.427. The van der Waals surface area contributed by atoms with Gasteiger partial charge in [-0.3, -0.25) is 10.1 Å². The molecule has 0 saturated carbocycles. The molecule has 1 aromatic rings. The van der Waals surface area contributed by atoms with E-state index in [-0.39, 0.29) is 11.4 Å². The van der Waals surface area contributed by atoms with Crippen LogP contribution in [0.4, 0.5) is 11.4 Å². The number of methoxy groups -OCH3 is 1. The van der Waals surface area contributed by atoms with Gasteiger partial charge in [-0.05, 0) is 31.5 Å². The Bertz CT molecular complexity index is 431. The molecule has 18 heavy (non-hydrogen) atoms. The fourth-order valence-corrected chi connectivity index (χ4v) is 2.13. The summed E-state index contributed by atoms with van der Waals surface area (Å²) in [5.41, 5.74) is 0.752. The van der Waals surface area contributed by atoms with Gasteiger partial charge >= 0.3 is 5.69 Å². The summed E-state index contributed by atoms with van der Waals surface area (Å²) in [6.45, 7) is 1.93. The summed E-state index contributed by atoms with van der Waals surface area (Å²) in [6.07, 6.45) is 2.20. The first-order valence-corrected chi connectivity index (χ1v) is 6.00. The fourth-order valence-electron chi connectivity index (χ4n) is 2.13. The molecule has 0 amide bonds. The molecule has 0 bridgehead atoms. The van der Waals surface area contributed by atoms with Crippen molar-refractivity contribution in [2.75, 3.05) is 25.5 Å². The lowest BCUT2D eigenvalue weighted by molar-refractivity contribution is -0.385. The third-order valence-corrected chi connectivity index (χ3v) is 3.04. The molecule has 0 radical (unpaired) electrons. The maximum Gasteiger partial charge on any atom is 0.312 e. The Labute approximate surface area is 105 Å². The number of anilines is 1. The Balaban J connectivity index is 2.13. The SMILES string of the molecule is COc1ccc(NC2CCCNC2)cc1[N+](=O)[O-]. The second-order valence-electron chi connectivity index (χ2n) is 4.33. The maximum atomic E-state index is 10.9. The summed E-state index contributed by atoms with van der Waals surface area (Å²) in [6, 6.07) is 5.27. The van der Waals surface area contributed by atoms with Crippen LogP contribution in [-0.4, -0.2) is 31.2 Å². The van der Waals surface area contributed by atoms with E-state index in [1.807, 2.05) is 0 Å². The minimum Gasteiger partial charge on any atom is -0.490 e. The maximum absolute atomic E-state index is 10.9. The summed E-state index contributed by atoms with van der Waals surface area (Å²) >= 11 is 0. The van der Waals surface area contributed by atoms with Crippen molar-refractivity contribution in [3.63, 3.8) is 0 Å². The fraction of sp³-hybridized carbons (Fsp3) is 0.500. The molecule has 2 rings (SSSR count). The van der Waals surface area contributed by atoms with E-state index in [9.17, 15) is 10.1 Å². The van der Waals surface area contributed by atoms with Crippen molar-refractivity contribution in [1.29, 1.82) is 0 Å². The standard InChI is InChI=1S/C12H17N3O3/c1-18-12-5-4-9(7-11(12)15(16)17)14-10-3-2-6-13-8-10/h4-5,7,10,13-14H,2-3,6,8H2,1H3. The van der Waals surface area contributed by atoms with Gasteiger partial charge in [-0.2, -0.15) is 0 Å². The average Bonchev–Trinajstić information content (AvgIpc) is 2.40. The molecule has 1 heterocycles. The number of hydrogen-bond acceptors (Lipinski definition) is 5. The lowest BCUT2D eigenvalue weighted by Crippen LogP contribution is -2.38. The molecular weight excluding hydrogens is 234 g/mol. The second kappa shape index (κ2) is 5.68. The third-order valence-electron chi connectivity index (χ3n) is 3.04. The Hall–Kier alpha value is -1.82. The average molecular weight is 251 g/mol. The highest BCUT2D eigenvalue weighted by Gasteiger charge is 2.17. The molecule has 6 heteroatoms. The van der Waals surface area contributed by atoms with E-state index >= 15 is 0 Å². The van der Waals surface area contributed by atoms with Crippen molar-refractivity contribution in [3.05, 3.63) is 28.3 Å². The zero-order chi connectivity index (χ0) is 13.0. The lowest BCUT2D eigenvalue weighted by Gasteiger charge is -2.24. The summed E-state index contributed by atoms with van der Waals surface area (Å²) in [5.74, 6) is 0.285. The van der Waals surface area contributed by atoms with Crippen LogP contribution in [-0.2, 0) is 0 Å². The van der Waals surface area contributed by atoms with E-state index < -0.39 is 4.92 Å². The Morgan fingerprint density at radius 3 is 3.00 bits per heavy atom. The van der Waals surface area contributed by atoms with Crippen molar-refractivity contribution in [2.45, 2.75) is 18.9 Å². The van der Waals surface area contributed by atoms with Crippen LogP contribution in [0.3, 0.4) is 0 Å². The zero-order valence-electron chi connectivity index (χ0n) is 10.3. The molecule has 1 atom stereocenters. The number of nitro groups is 1. The number of hydrogen-bond donors (Lipinski definition) is 2. The van der Waals surface area contributed by atoms with Gasteiger partial charge in [0.1, 0.15) is 0 Å². The van der Waals surface area contributed by atoms with E-state index in [0.29, 0.717) is 6.04 Å². The Morgan fingerprint density at radius 1 is 1.56 bits per heavy atom.